The van der Waals surface area contributed by atoms with Crippen LogP contribution in [0.15, 0.2) is 217 Å². The third kappa shape index (κ3) is 7.06. The summed E-state index contributed by atoms with van der Waals surface area (Å²) in [5, 5.41) is 0. The van der Waals surface area contributed by atoms with Gasteiger partial charge in [0.05, 0.1) is 11.4 Å². The number of nitrogens with zero attached hydrogens (tertiary/aromatic N) is 2. The van der Waals surface area contributed by atoms with Gasteiger partial charge in [0, 0.05) is 39.1 Å². The Balaban J connectivity index is 1.19. The highest BCUT2D eigenvalue weighted by Gasteiger charge is 2.18. The first-order chi connectivity index (χ1) is 27.2. The Morgan fingerprint density at radius 3 is 0.964 bits per heavy atom. The minimum atomic E-state index is 0.947. The first-order valence-electron chi connectivity index (χ1n) is 18.4. The highest BCUT2D eigenvalue weighted by atomic mass is 79.9. The van der Waals surface area contributed by atoms with E-state index < -0.39 is 0 Å². The molecular weight excluding hydrogens is 732 g/mol. The van der Waals surface area contributed by atoms with Crippen molar-refractivity contribution < 1.29 is 0 Å². The molecule has 0 aliphatic rings. The van der Waals surface area contributed by atoms with Gasteiger partial charge in [-0.05, 0) is 86.0 Å². The van der Waals surface area contributed by atoms with Crippen molar-refractivity contribution in [2.24, 2.45) is 0 Å². The summed E-state index contributed by atoms with van der Waals surface area (Å²) in [5.74, 6) is 0. The normalized spacial score (nSPS) is 11.0. The van der Waals surface area contributed by atoms with Gasteiger partial charge in [-0.15, -0.1) is 0 Å². The molecule has 9 rings (SSSR count). The number of pyridine rings is 2. The summed E-state index contributed by atoms with van der Waals surface area (Å²) in [6.45, 7) is 0. The fraction of sp³-hybridized carbons (Fsp3) is 0. The van der Waals surface area contributed by atoms with Crippen LogP contribution in [-0.2, 0) is 0 Å². The maximum atomic E-state index is 5.02. The van der Waals surface area contributed by atoms with E-state index >= 15 is 0 Å². The predicted octanol–water partition coefficient (Wildman–Crippen LogP) is 14.6. The number of benzene rings is 7. The summed E-state index contributed by atoms with van der Waals surface area (Å²) >= 11 is 3.92. The van der Waals surface area contributed by atoms with Gasteiger partial charge in [-0.3, -0.25) is 9.97 Å². The first-order valence-corrected chi connectivity index (χ1v) is 19.2. The molecule has 0 saturated carbocycles. The molecular formula is C52H35BrN2. The van der Waals surface area contributed by atoms with Crippen LogP contribution in [-0.4, -0.2) is 9.97 Å². The summed E-state index contributed by atoms with van der Waals surface area (Å²) in [6, 6.07) is 70.5. The molecule has 0 aliphatic carbocycles. The molecule has 2 aromatic heterocycles. The quantitative estimate of drug-likeness (QED) is 0.154. The molecule has 2 nitrogen and oxygen atoms in total. The summed E-state index contributed by atoms with van der Waals surface area (Å²) in [7, 11) is 0. The van der Waals surface area contributed by atoms with Crippen LogP contribution in [0.4, 0.5) is 0 Å². The molecule has 0 fully saturated rings. The van der Waals surface area contributed by atoms with Gasteiger partial charge in [0.15, 0.2) is 0 Å². The molecule has 0 radical (unpaired) electrons. The van der Waals surface area contributed by atoms with Crippen LogP contribution in [0.25, 0.3) is 89.3 Å². The predicted molar refractivity (Wildman–Crippen MR) is 233 cm³/mol. The van der Waals surface area contributed by atoms with Crippen LogP contribution in [0.3, 0.4) is 0 Å². The van der Waals surface area contributed by atoms with Crippen LogP contribution in [0.1, 0.15) is 0 Å². The molecule has 0 N–H and O–H groups in total. The number of hydrogen-bond donors (Lipinski definition) is 0. The van der Waals surface area contributed by atoms with E-state index in [9.17, 15) is 0 Å². The fourth-order valence-corrected chi connectivity index (χ4v) is 7.92. The van der Waals surface area contributed by atoms with E-state index in [1.807, 2.05) is 24.5 Å². The van der Waals surface area contributed by atoms with Gasteiger partial charge in [-0.2, -0.15) is 0 Å². The lowest BCUT2D eigenvalue weighted by Crippen LogP contribution is -1.94. The molecule has 0 unspecified atom stereocenters. The highest BCUT2D eigenvalue weighted by molar-refractivity contribution is 9.10. The minimum Gasteiger partial charge on any atom is -0.256 e. The van der Waals surface area contributed by atoms with E-state index in [-0.39, 0.29) is 0 Å². The number of hydrogen-bond acceptors (Lipinski definition) is 2. The summed E-state index contributed by atoms with van der Waals surface area (Å²) in [4.78, 5) is 10.0. The van der Waals surface area contributed by atoms with Crippen molar-refractivity contribution in [2.75, 3.05) is 0 Å². The third-order valence-electron chi connectivity index (χ3n) is 10.1. The van der Waals surface area contributed by atoms with Gasteiger partial charge in [-0.25, -0.2) is 0 Å². The van der Waals surface area contributed by atoms with Crippen LogP contribution in [0, 0.1) is 0 Å². The van der Waals surface area contributed by atoms with Crippen molar-refractivity contribution in [3.63, 3.8) is 0 Å². The molecule has 7 aromatic carbocycles. The maximum absolute atomic E-state index is 5.02. The average Bonchev–Trinajstić information content (AvgIpc) is 3.27. The molecule has 2 heterocycles. The van der Waals surface area contributed by atoms with Crippen LogP contribution < -0.4 is 0 Å². The maximum Gasteiger partial charge on any atom is 0.0708 e. The third-order valence-corrected chi connectivity index (χ3v) is 10.5. The number of halogens is 1. The smallest absolute Gasteiger partial charge is 0.0708 e. The molecule has 0 atom stereocenters. The lowest BCUT2D eigenvalue weighted by molar-refractivity contribution is 1.32. The minimum absolute atomic E-state index is 0.947. The Labute approximate surface area is 330 Å². The zero-order valence-corrected chi connectivity index (χ0v) is 31.6. The molecule has 0 saturated heterocycles. The Hall–Kier alpha value is -6.68. The van der Waals surface area contributed by atoms with E-state index in [0.717, 1.165) is 93.7 Å². The van der Waals surface area contributed by atoms with Crippen LogP contribution in [0.5, 0.6) is 0 Å². The van der Waals surface area contributed by atoms with Crippen molar-refractivity contribution in [2.45, 2.75) is 0 Å². The molecule has 0 bridgehead atoms. The molecule has 55 heavy (non-hydrogen) atoms. The summed E-state index contributed by atoms with van der Waals surface area (Å²) in [6.07, 6.45) is 4.07. The Morgan fingerprint density at radius 2 is 0.582 bits per heavy atom. The first kappa shape index (κ1) is 34.1. The Kier molecular flexibility index (Phi) is 9.52. The standard InChI is InChI=1S/C52H35BrN2/c53-42-30-40(43-25-13-15-27-45(43)49-34-54-51(38-21-9-3-10-22-38)32-47(49)36-17-5-1-6-18-36)29-41(31-42)44-26-14-16-28-46(44)50-35-55-52(39-23-11-4-12-24-39)33-48(50)37-19-7-2-8-20-37/h1-35H. The van der Waals surface area contributed by atoms with Crippen molar-refractivity contribution in [1.82, 2.24) is 9.97 Å². The Morgan fingerprint density at radius 1 is 0.255 bits per heavy atom. The SMILES string of the molecule is Brc1cc(-c2ccccc2-c2cnc(-c3ccccc3)cc2-c2ccccc2)cc(-c2ccccc2-c2cnc(-c3ccccc3)cc2-c2ccccc2)c1. The second-order valence-corrected chi connectivity index (χ2v) is 14.4. The monoisotopic (exact) mass is 766 g/mol. The average molecular weight is 768 g/mol. The van der Waals surface area contributed by atoms with Crippen molar-refractivity contribution in [3.8, 4) is 89.3 Å². The molecule has 0 aliphatic heterocycles. The lowest BCUT2D eigenvalue weighted by Gasteiger charge is -2.18. The molecule has 9 aromatic rings. The van der Waals surface area contributed by atoms with Crippen molar-refractivity contribution in [1.29, 1.82) is 0 Å². The van der Waals surface area contributed by atoms with E-state index in [0.29, 0.717) is 0 Å². The molecule has 0 amide bonds. The van der Waals surface area contributed by atoms with Gasteiger partial charge in [0.25, 0.3) is 0 Å². The summed E-state index contributed by atoms with van der Waals surface area (Å²) in [5.41, 5.74) is 17.6. The van der Waals surface area contributed by atoms with E-state index in [4.69, 9.17) is 9.97 Å². The highest BCUT2D eigenvalue weighted by Crippen LogP contribution is 2.44. The molecule has 3 heteroatoms. The van der Waals surface area contributed by atoms with Crippen molar-refractivity contribution >= 4 is 15.9 Å². The van der Waals surface area contributed by atoms with E-state index in [1.54, 1.807) is 0 Å². The second kappa shape index (κ2) is 15.4. The van der Waals surface area contributed by atoms with Crippen LogP contribution >= 0.6 is 15.9 Å². The summed E-state index contributed by atoms with van der Waals surface area (Å²) < 4.78 is 1.01. The van der Waals surface area contributed by atoms with Gasteiger partial charge in [-0.1, -0.05) is 186 Å². The van der Waals surface area contributed by atoms with Gasteiger partial charge < -0.3 is 0 Å². The fourth-order valence-electron chi connectivity index (χ4n) is 7.43. The molecule has 0 spiro atoms. The second-order valence-electron chi connectivity index (χ2n) is 13.5. The largest absolute Gasteiger partial charge is 0.256 e. The van der Waals surface area contributed by atoms with E-state index in [1.165, 1.54) is 0 Å². The zero-order chi connectivity index (χ0) is 37.0. The van der Waals surface area contributed by atoms with Crippen molar-refractivity contribution in [3.05, 3.63) is 217 Å². The zero-order valence-electron chi connectivity index (χ0n) is 30.0. The topological polar surface area (TPSA) is 25.8 Å². The van der Waals surface area contributed by atoms with Gasteiger partial charge >= 0.3 is 0 Å². The molecule has 260 valence electrons. The number of rotatable bonds is 8. The number of aromatic nitrogens is 2. The lowest BCUT2D eigenvalue weighted by atomic mass is 9.87. The van der Waals surface area contributed by atoms with Gasteiger partial charge in [0.1, 0.15) is 0 Å². The van der Waals surface area contributed by atoms with Crippen LogP contribution in [0.2, 0.25) is 0 Å². The van der Waals surface area contributed by atoms with E-state index in [2.05, 4.69) is 204 Å². The van der Waals surface area contributed by atoms with Gasteiger partial charge in [0.2, 0.25) is 0 Å². The Bertz CT molecular complexity index is 2560.